The van der Waals surface area contributed by atoms with E-state index in [4.69, 9.17) is 11.5 Å². The van der Waals surface area contributed by atoms with Crippen molar-refractivity contribution in [1.82, 2.24) is 9.97 Å². The van der Waals surface area contributed by atoms with E-state index in [-0.39, 0.29) is 22.8 Å². The zero-order chi connectivity index (χ0) is 23.7. The summed E-state index contributed by atoms with van der Waals surface area (Å²) in [6, 6.07) is 8.40. The van der Waals surface area contributed by atoms with Gasteiger partial charge < -0.3 is 11.5 Å². The van der Waals surface area contributed by atoms with Gasteiger partial charge in [0, 0.05) is 0 Å². The number of nitriles is 4. The summed E-state index contributed by atoms with van der Waals surface area (Å²) >= 11 is 2.89. The van der Waals surface area contributed by atoms with Crippen LogP contribution in [0.5, 0.6) is 0 Å². The van der Waals surface area contributed by atoms with E-state index in [0.717, 1.165) is 24.3 Å². The van der Waals surface area contributed by atoms with Gasteiger partial charge in [-0.1, -0.05) is 13.8 Å². The zero-order valence-corrected chi connectivity index (χ0v) is 19.5. The number of unbranched alkanes of at least 4 members (excludes halogenated alkanes) is 1. The van der Waals surface area contributed by atoms with E-state index in [9.17, 15) is 21.0 Å². The van der Waals surface area contributed by atoms with Crippen LogP contribution in [0, 0.1) is 45.3 Å². The average molecular weight is 463 g/mol. The summed E-state index contributed by atoms with van der Waals surface area (Å²) in [7, 11) is 0. The fourth-order valence-electron chi connectivity index (χ4n) is 3.20. The molecular weight excluding hydrogens is 440 g/mol. The Balaban J connectivity index is 2.01. The van der Waals surface area contributed by atoms with Crippen LogP contribution in [0.4, 0.5) is 11.6 Å². The monoisotopic (exact) mass is 462 g/mol. The van der Waals surface area contributed by atoms with Crippen molar-refractivity contribution in [2.24, 2.45) is 0 Å². The van der Waals surface area contributed by atoms with Crippen molar-refractivity contribution in [3.05, 3.63) is 33.4 Å². The van der Waals surface area contributed by atoms with E-state index in [0.29, 0.717) is 45.1 Å². The lowest BCUT2D eigenvalue weighted by molar-refractivity contribution is 0.901. The number of aromatic nitrogens is 2. The van der Waals surface area contributed by atoms with Crippen molar-refractivity contribution in [2.45, 2.75) is 49.6 Å². The first-order valence-corrected chi connectivity index (χ1v) is 11.9. The number of anilines is 2. The molecule has 0 spiro atoms. The van der Waals surface area contributed by atoms with Crippen molar-refractivity contribution in [2.75, 3.05) is 23.0 Å². The Morgan fingerprint density at radius 3 is 1.28 bits per heavy atom. The van der Waals surface area contributed by atoms with Crippen LogP contribution in [0.3, 0.4) is 0 Å². The van der Waals surface area contributed by atoms with Crippen LogP contribution in [0.15, 0.2) is 10.1 Å². The molecule has 2 heterocycles. The highest BCUT2D eigenvalue weighted by atomic mass is 32.2. The minimum atomic E-state index is 0.154. The fraction of sp³-hybridized carbons (Fsp3) is 0.364. The third kappa shape index (κ3) is 5.24. The second-order valence-electron chi connectivity index (χ2n) is 6.62. The second kappa shape index (κ2) is 11.8. The van der Waals surface area contributed by atoms with Gasteiger partial charge in [0.1, 0.15) is 46.0 Å². The molecule has 0 aliphatic carbocycles. The Bertz CT molecular complexity index is 1090. The molecule has 8 nitrogen and oxygen atoms in total. The lowest BCUT2D eigenvalue weighted by Gasteiger charge is -2.12. The van der Waals surface area contributed by atoms with Gasteiger partial charge >= 0.3 is 0 Å². The lowest BCUT2D eigenvalue weighted by Crippen LogP contribution is -2.05. The van der Waals surface area contributed by atoms with Crippen molar-refractivity contribution >= 4 is 35.2 Å². The van der Waals surface area contributed by atoms with Gasteiger partial charge in [-0.05, 0) is 48.3 Å². The first-order valence-electron chi connectivity index (χ1n) is 9.97. The Labute approximate surface area is 196 Å². The number of thioether (sulfide) groups is 2. The van der Waals surface area contributed by atoms with Crippen molar-refractivity contribution in [3.63, 3.8) is 0 Å². The maximum Gasteiger partial charge on any atom is 0.143 e. The summed E-state index contributed by atoms with van der Waals surface area (Å²) < 4.78 is 0. The van der Waals surface area contributed by atoms with Gasteiger partial charge in [-0.2, -0.15) is 21.0 Å². The molecule has 0 saturated heterocycles. The quantitative estimate of drug-likeness (QED) is 0.410. The molecular formula is C22H22N8S2. The van der Waals surface area contributed by atoms with Crippen molar-refractivity contribution in [3.8, 4) is 24.3 Å². The summed E-state index contributed by atoms with van der Waals surface area (Å²) in [5.74, 6) is 1.76. The van der Waals surface area contributed by atoms with Gasteiger partial charge in [0.2, 0.25) is 0 Å². The lowest BCUT2D eigenvalue weighted by atomic mass is 10.0. The highest BCUT2D eigenvalue weighted by Crippen LogP contribution is 2.31. The zero-order valence-electron chi connectivity index (χ0n) is 17.9. The fourth-order valence-corrected chi connectivity index (χ4v) is 5.23. The Morgan fingerprint density at radius 1 is 0.656 bits per heavy atom. The Morgan fingerprint density at radius 2 is 1.00 bits per heavy atom. The molecule has 0 atom stereocenters. The molecule has 162 valence electrons. The van der Waals surface area contributed by atoms with Crippen LogP contribution >= 0.6 is 23.5 Å². The minimum absolute atomic E-state index is 0.154. The largest absolute Gasteiger partial charge is 0.383 e. The second-order valence-corrected chi connectivity index (χ2v) is 8.79. The van der Waals surface area contributed by atoms with E-state index in [2.05, 4.69) is 22.1 Å². The summed E-state index contributed by atoms with van der Waals surface area (Å²) in [6.45, 7) is 3.76. The molecule has 4 N–H and O–H groups in total. The van der Waals surface area contributed by atoms with E-state index in [1.54, 1.807) is 0 Å². The van der Waals surface area contributed by atoms with Gasteiger partial charge in [-0.15, -0.1) is 23.5 Å². The molecule has 0 fully saturated rings. The van der Waals surface area contributed by atoms with Crippen LogP contribution < -0.4 is 11.5 Å². The summed E-state index contributed by atoms with van der Waals surface area (Å²) in [6.07, 6.45) is 2.76. The smallest absolute Gasteiger partial charge is 0.143 e. The number of nitrogen functional groups attached to an aromatic ring is 2. The first-order chi connectivity index (χ1) is 15.5. The molecule has 0 aromatic carbocycles. The molecule has 10 heteroatoms. The number of hydrogen-bond donors (Lipinski definition) is 2. The molecule has 0 bridgehead atoms. The molecule has 0 aliphatic heterocycles. The summed E-state index contributed by atoms with van der Waals surface area (Å²) in [5.41, 5.74) is 14.5. The van der Waals surface area contributed by atoms with Crippen LogP contribution in [0.2, 0.25) is 0 Å². The normalized spacial score (nSPS) is 10.1. The first kappa shape index (κ1) is 24.8. The van der Waals surface area contributed by atoms with E-state index in [1.807, 2.05) is 26.0 Å². The maximum absolute atomic E-state index is 9.54. The third-order valence-electron chi connectivity index (χ3n) is 4.76. The number of pyridine rings is 2. The number of rotatable bonds is 9. The molecule has 32 heavy (non-hydrogen) atoms. The van der Waals surface area contributed by atoms with E-state index < -0.39 is 0 Å². The van der Waals surface area contributed by atoms with Gasteiger partial charge in [-0.3, -0.25) is 0 Å². The van der Waals surface area contributed by atoms with E-state index >= 15 is 0 Å². The standard InChI is InChI=1S/C22H22N8S2/c1-3-13-15(9-23)19(27)29-21(17(13)11-25)31-7-5-6-8-32-22-18(12-26)14(4-2)16(10-24)20(28)30-22/h3-8H2,1-2H3,(H2,27,29)(H2,28,30). The number of nitrogens with two attached hydrogens (primary N) is 2. The molecule has 2 rings (SSSR count). The van der Waals surface area contributed by atoms with Crippen LogP contribution in [0.1, 0.15) is 60.1 Å². The van der Waals surface area contributed by atoms with Crippen LogP contribution in [0.25, 0.3) is 0 Å². The Hall–Kier alpha value is -3.44. The topological polar surface area (TPSA) is 173 Å². The van der Waals surface area contributed by atoms with Gasteiger partial charge in [0.15, 0.2) is 0 Å². The molecule has 0 unspecified atom stereocenters. The predicted octanol–water partition coefficient (Wildman–Crippen LogP) is 3.92. The van der Waals surface area contributed by atoms with Gasteiger partial charge in [0.25, 0.3) is 0 Å². The molecule has 2 aromatic heterocycles. The maximum atomic E-state index is 9.54. The Kier molecular flexibility index (Phi) is 9.17. The van der Waals surface area contributed by atoms with Crippen LogP contribution in [-0.2, 0) is 12.8 Å². The summed E-state index contributed by atoms with van der Waals surface area (Å²) in [5, 5.41) is 38.8. The minimum Gasteiger partial charge on any atom is -0.383 e. The van der Waals surface area contributed by atoms with Gasteiger partial charge in [-0.25, -0.2) is 9.97 Å². The molecule has 0 radical (unpaired) electrons. The number of nitrogens with zero attached hydrogens (tertiary/aromatic N) is 6. The molecule has 2 aromatic rings. The SMILES string of the molecule is CCc1c(C#N)c(N)nc(SCCCCSc2nc(N)c(C#N)c(CC)c2C#N)c1C#N. The van der Waals surface area contributed by atoms with E-state index in [1.165, 1.54) is 23.5 Å². The summed E-state index contributed by atoms with van der Waals surface area (Å²) in [4.78, 5) is 8.52. The van der Waals surface area contributed by atoms with Gasteiger partial charge in [0.05, 0.1) is 22.3 Å². The molecule has 0 aliphatic rings. The van der Waals surface area contributed by atoms with Crippen molar-refractivity contribution < 1.29 is 0 Å². The average Bonchev–Trinajstić information content (AvgIpc) is 2.79. The molecule has 0 amide bonds. The van der Waals surface area contributed by atoms with Crippen LogP contribution in [-0.4, -0.2) is 21.5 Å². The molecule has 0 saturated carbocycles. The predicted molar refractivity (Wildman–Crippen MR) is 126 cm³/mol. The highest BCUT2D eigenvalue weighted by Gasteiger charge is 2.19. The number of hydrogen-bond acceptors (Lipinski definition) is 10. The van der Waals surface area contributed by atoms with Crippen molar-refractivity contribution in [1.29, 1.82) is 21.0 Å². The highest BCUT2D eigenvalue weighted by molar-refractivity contribution is 7.99. The third-order valence-corrected chi connectivity index (χ3v) is 6.88.